The Hall–Kier alpha value is -1.58. The number of rotatable bonds is 8. The van der Waals surface area contributed by atoms with Gasteiger partial charge in [-0.25, -0.2) is 4.99 Å². The average molecular weight is 558 g/mol. The minimum atomic E-state index is -0.0261. The molecule has 1 fully saturated rings. The number of halogens is 2. The highest BCUT2D eigenvalue weighted by Crippen LogP contribution is 2.17. The van der Waals surface area contributed by atoms with E-state index in [-0.39, 0.29) is 30.1 Å². The van der Waals surface area contributed by atoms with Crippen molar-refractivity contribution < 1.29 is 4.74 Å². The van der Waals surface area contributed by atoms with E-state index < -0.39 is 0 Å². The van der Waals surface area contributed by atoms with Gasteiger partial charge in [0.15, 0.2) is 5.96 Å². The molecule has 0 spiro atoms. The Morgan fingerprint density at radius 3 is 2.61 bits per heavy atom. The van der Waals surface area contributed by atoms with Gasteiger partial charge in [-0.1, -0.05) is 17.7 Å². The third-order valence-corrected chi connectivity index (χ3v) is 5.29. The number of aliphatic imine (C=N–C) groups is 1. The normalized spacial score (nSPS) is 16.3. The molecule has 6 nitrogen and oxygen atoms in total. The summed E-state index contributed by atoms with van der Waals surface area (Å²) in [4.78, 5) is 11.6. The number of nitrogens with one attached hydrogen (secondary N) is 2. The third-order valence-electron chi connectivity index (χ3n) is 5.04. The van der Waals surface area contributed by atoms with Gasteiger partial charge in [0.1, 0.15) is 11.9 Å². The standard InChI is InChI=1S/C23H32ClN5O.HI/c1-3-25-23(27-16-18(2)30-22-9-7-19(24)8-10-22)28-20-11-14-29(15-12-20)17-21-6-4-5-13-26-21;/h4-10,13,18,20H,3,11-12,14-17H2,1-2H3,(H2,25,27,28);1H. The molecule has 1 atom stereocenters. The highest BCUT2D eigenvalue weighted by atomic mass is 127. The molecule has 1 aliphatic heterocycles. The molecule has 170 valence electrons. The first-order valence-electron chi connectivity index (χ1n) is 10.7. The number of pyridine rings is 1. The zero-order chi connectivity index (χ0) is 21.2. The first-order chi connectivity index (χ1) is 14.6. The quantitative estimate of drug-likeness (QED) is 0.287. The summed E-state index contributed by atoms with van der Waals surface area (Å²) in [5.41, 5.74) is 1.13. The second-order valence-electron chi connectivity index (χ2n) is 7.62. The molecule has 0 amide bonds. The van der Waals surface area contributed by atoms with Crippen LogP contribution in [0, 0.1) is 0 Å². The topological polar surface area (TPSA) is 61.8 Å². The molecule has 0 aliphatic carbocycles. The Bertz CT molecular complexity index is 782. The van der Waals surface area contributed by atoms with Crippen molar-refractivity contribution in [3.8, 4) is 5.75 Å². The summed E-state index contributed by atoms with van der Waals surface area (Å²) in [5.74, 6) is 1.66. The molecule has 0 bridgehead atoms. The zero-order valence-electron chi connectivity index (χ0n) is 18.3. The number of guanidine groups is 1. The van der Waals surface area contributed by atoms with E-state index in [1.807, 2.05) is 49.5 Å². The van der Waals surface area contributed by atoms with Gasteiger partial charge in [-0.2, -0.15) is 0 Å². The predicted octanol–water partition coefficient (Wildman–Crippen LogP) is 4.34. The van der Waals surface area contributed by atoms with Gasteiger partial charge >= 0.3 is 0 Å². The average Bonchev–Trinajstić information content (AvgIpc) is 2.76. The molecule has 8 heteroatoms. The second-order valence-corrected chi connectivity index (χ2v) is 8.05. The first kappa shape index (κ1) is 25.7. The number of benzene rings is 1. The van der Waals surface area contributed by atoms with Crippen molar-refractivity contribution in [2.45, 2.75) is 45.4 Å². The molecule has 3 rings (SSSR count). The number of piperidine rings is 1. The Morgan fingerprint density at radius 1 is 1.23 bits per heavy atom. The van der Waals surface area contributed by atoms with Crippen LogP contribution in [0.1, 0.15) is 32.4 Å². The second kappa shape index (κ2) is 13.8. The Morgan fingerprint density at radius 2 is 1.97 bits per heavy atom. The van der Waals surface area contributed by atoms with Crippen molar-refractivity contribution in [2.75, 3.05) is 26.2 Å². The maximum absolute atomic E-state index is 5.93. The fraction of sp³-hybridized carbons (Fsp3) is 0.478. The lowest BCUT2D eigenvalue weighted by atomic mass is 10.0. The van der Waals surface area contributed by atoms with Crippen LogP contribution in [0.3, 0.4) is 0 Å². The van der Waals surface area contributed by atoms with Crippen molar-refractivity contribution in [1.82, 2.24) is 20.5 Å². The molecule has 0 saturated carbocycles. The third kappa shape index (κ3) is 9.21. The number of likely N-dealkylation sites (tertiary alicyclic amines) is 1. The van der Waals surface area contributed by atoms with Gasteiger partial charge in [0.05, 0.1) is 12.2 Å². The van der Waals surface area contributed by atoms with E-state index in [2.05, 4.69) is 33.5 Å². The number of nitrogens with zero attached hydrogens (tertiary/aromatic N) is 3. The van der Waals surface area contributed by atoms with Crippen molar-refractivity contribution in [2.24, 2.45) is 4.99 Å². The summed E-state index contributed by atoms with van der Waals surface area (Å²) in [6.45, 7) is 8.56. The van der Waals surface area contributed by atoms with Crippen LogP contribution >= 0.6 is 35.6 Å². The minimum absolute atomic E-state index is 0. The summed E-state index contributed by atoms with van der Waals surface area (Å²) in [6, 6.07) is 14.0. The summed E-state index contributed by atoms with van der Waals surface area (Å²) < 4.78 is 5.92. The fourth-order valence-corrected chi connectivity index (χ4v) is 3.60. The van der Waals surface area contributed by atoms with E-state index in [0.717, 1.165) is 56.4 Å². The molecular formula is C23H33ClIN5O. The minimum Gasteiger partial charge on any atom is -0.489 e. The lowest BCUT2D eigenvalue weighted by Crippen LogP contribution is -2.48. The van der Waals surface area contributed by atoms with Crippen LogP contribution in [0.15, 0.2) is 53.7 Å². The van der Waals surface area contributed by atoms with Gasteiger partial charge in [-0.05, 0) is 63.1 Å². The zero-order valence-corrected chi connectivity index (χ0v) is 21.3. The van der Waals surface area contributed by atoms with Gasteiger partial charge in [0.2, 0.25) is 0 Å². The molecule has 1 aromatic heterocycles. The summed E-state index contributed by atoms with van der Waals surface area (Å²) in [5, 5.41) is 7.65. The summed E-state index contributed by atoms with van der Waals surface area (Å²) >= 11 is 5.93. The van der Waals surface area contributed by atoms with Crippen LogP contribution in [0.2, 0.25) is 5.02 Å². The van der Waals surface area contributed by atoms with Crippen LogP contribution in [0.4, 0.5) is 0 Å². The summed E-state index contributed by atoms with van der Waals surface area (Å²) in [6.07, 6.45) is 4.02. The molecule has 0 radical (unpaired) electrons. The van der Waals surface area contributed by atoms with Crippen LogP contribution in [0.5, 0.6) is 5.75 Å². The van der Waals surface area contributed by atoms with E-state index in [9.17, 15) is 0 Å². The number of aromatic nitrogens is 1. The van der Waals surface area contributed by atoms with Crippen LogP contribution in [-0.4, -0.2) is 54.2 Å². The molecule has 31 heavy (non-hydrogen) atoms. The lowest BCUT2D eigenvalue weighted by molar-refractivity contribution is 0.196. The largest absolute Gasteiger partial charge is 0.489 e. The molecule has 2 N–H and O–H groups in total. The van der Waals surface area contributed by atoms with Crippen molar-refractivity contribution in [1.29, 1.82) is 0 Å². The molecule has 1 aliphatic rings. The van der Waals surface area contributed by atoms with Crippen molar-refractivity contribution >= 4 is 41.5 Å². The van der Waals surface area contributed by atoms with Crippen molar-refractivity contribution in [3.05, 3.63) is 59.4 Å². The molecule has 1 unspecified atom stereocenters. The monoisotopic (exact) mass is 557 g/mol. The lowest BCUT2D eigenvalue weighted by Gasteiger charge is -2.33. The van der Waals surface area contributed by atoms with E-state index in [0.29, 0.717) is 17.6 Å². The number of hydrogen-bond acceptors (Lipinski definition) is 4. The Labute approximate surface area is 207 Å². The van der Waals surface area contributed by atoms with E-state index in [1.165, 1.54) is 0 Å². The van der Waals surface area contributed by atoms with Crippen LogP contribution in [-0.2, 0) is 6.54 Å². The van der Waals surface area contributed by atoms with Gasteiger partial charge in [0, 0.05) is 43.4 Å². The van der Waals surface area contributed by atoms with E-state index in [4.69, 9.17) is 21.3 Å². The van der Waals surface area contributed by atoms with Gasteiger partial charge < -0.3 is 15.4 Å². The predicted molar refractivity (Wildman–Crippen MR) is 139 cm³/mol. The fourth-order valence-electron chi connectivity index (χ4n) is 3.47. The van der Waals surface area contributed by atoms with E-state index in [1.54, 1.807) is 0 Å². The van der Waals surface area contributed by atoms with Gasteiger partial charge in [0.25, 0.3) is 0 Å². The highest BCUT2D eigenvalue weighted by molar-refractivity contribution is 14.0. The maximum Gasteiger partial charge on any atom is 0.191 e. The van der Waals surface area contributed by atoms with Gasteiger partial charge in [-0.3, -0.25) is 9.88 Å². The summed E-state index contributed by atoms with van der Waals surface area (Å²) in [7, 11) is 0. The van der Waals surface area contributed by atoms with Crippen LogP contribution < -0.4 is 15.4 Å². The van der Waals surface area contributed by atoms with Crippen LogP contribution in [0.25, 0.3) is 0 Å². The Balaban J connectivity index is 0.00000341. The Kier molecular flexibility index (Phi) is 11.4. The first-order valence-corrected chi connectivity index (χ1v) is 11.1. The smallest absolute Gasteiger partial charge is 0.191 e. The molecular weight excluding hydrogens is 525 g/mol. The number of hydrogen-bond donors (Lipinski definition) is 2. The van der Waals surface area contributed by atoms with Gasteiger partial charge in [-0.15, -0.1) is 24.0 Å². The maximum atomic E-state index is 5.93. The van der Waals surface area contributed by atoms with Crippen molar-refractivity contribution in [3.63, 3.8) is 0 Å². The molecule has 2 heterocycles. The SMILES string of the molecule is CCNC(=NCC(C)Oc1ccc(Cl)cc1)NC1CCN(Cc2ccccn2)CC1.I. The number of ether oxygens (including phenoxy) is 1. The molecule has 2 aromatic rings. The molecule has 1 saturated heterocycles. The highest BCUT2D eigenvalue weighted by Gasteiger charge is 2.20. The molecule has 1 aromatic carbocycles. The van der Waals surface area contributed by atoms with E-state index >= 15 is 0 Å².